The van der Waals surface area contributed by atoms with Gasteiger partial charge in [-0.15, -0.1) is 0 Å². The quantitative estimate of drug-likeness (QED) is 0.127. The van der Waals surface area contributed by atoms with Crippen molar-refractivity contribution in [3.05, 3.63) is 0 Å². The van der Waals surface area contributed by atoms with Crippen LogP contribution in [-0.4, -0.2) is 188 Å². The number of aliphatic hydroxyl groups is 1. The Bertz CT molecular complexity index is 1300. The average Bonchev–Trinajstić information content (AvgIpc) is 3.02. The van der Waals surface area contributed by atoms with Crippen LogP contribution >= 0.6 is 0 Å². The molecule has 0 bridgehead atoms. The number of aliphatic hydroxyl groups excluding tert-OH is 1. The largest absolute Gasteiger partial charge is 3.00 e. The zero-order valence-electron chi connectivity index (χ0n) is 28.6. The number of carboxylic acid groups (broad SMARTS) is 3. The number of alkyl halides is 17. The molecule has 335 valence electrons. The molecule has 1 saturated heterocycles. The fraction of sp³-hybridized carbons (Fsp3) is 0.889. The number of rotatable bonds is 19. The van der Waals surface area contributed by atoms with Crippen LogP contribution in [0.2, 0.25) is 0 Å². The molecular formula is C27H32F17GdN4O8. The molecule has 1 N–H and O–H groups in total. The molecule has 1 atom stereocenters. The molecule has 1 aliphatic rings. The molecule has 1 rings (SSSR count). The number of ether oxygens (including phenoxy) is 1. The minimum absolute atomic E-state index is 0. The Labute approximate surface area is 342 Å². The Morgan fingerprint density at radius 2 is 0.789 bits per heavy atom. The third-order valence-corrected chi connectivity index (χ3v) is 8.11. The fourth-order valence-electron chi connectivity index (χ4n) is 4.91. The number of carbonyl (C=O) groups is 3. The molecule has 0 aromatic rings. The van der Waals surface area contributed by atoms with Gasteiger partial charge in [0.05, 0.1) is 37.2 Å². The number of carbonyl (C=O) groups excluding carboxylic acids is 3. The standard InChI is InChI=1S/C27H35F17N4O8.Gd/c28-20(29,21(30,31)22(32,33)23(34,35)24(36,37)25(38,39)26(40,41)27(42,43)44)1-10-56-15-16(49)11-45-2-4-46(12-17(50)51)6-8-48(14-19(54)55)9-7-47(5-3-45)13-18(52)53;/h16,49H,1-15H2,(H,50,51)(H,52,53)(H,54,55);/q;+3/p-3. The molecule has 12 nitrogen and oxygen atoms in total. The van der Waals surface area contributed by atoms with Crippen molar-refractivity contribution in [1.82, 2.24) is 19.6 Å². The maximum absolute atomic E-state index is 14.2. The van der Waals surface area contributed by atoms with Gasteiger partial charge in [0.1, 0.15) is 0 Å². The second-order valence-electron chi connectivity index (χ2n) is 12.4. The van der Waals surface area contributed by atoms with Crippen LogP contribution in [0.5, 0.6) is 0 Å². The second kappa shape index (κ2) is 20.7. The van der Waals surface area contributed by atoms with Crippen LogP contribution in [0.15, 0.2) is 0 Å². The normalized spacial score (nSPS) is 18.6. The summed E-state index contributed by atoms with van der Waals surface area (Å²) in [7, 11) is 0. The van der Waals surface area contributed by atoms with Crippen LogP contribution in [-0.2, 0) is 19.1 Å². The van der Waals surface area contributed by atoms with E-state index in [2.05, 4.69) is 4.74 Å². The zero-order valence-corrected chi connectivity index (χ0v) is 30.8. The number of halogens is 17. The van der Waals surface area contributed by atoms with E-state index in [0.29, 0.717) is 0 Å². The van der Waals surface area contributed by atoms with Crippen molar-refractivity contribution in [3.8, 4) is 0 Å². The van der Waals surface area contributed by atoms with Crippen molar-refractivity contribution in [3.63, 3.8) is 0 Å². The maximum Gasteiger partial charge on any atom is 3.00 e. The average molecular weight is 1020 g/mol. The van der Waals surface area contributed by atoms with E-state index in [1.165, 1.54) is 19.6 Å². The van der Waals surface area contributed by atoms with Crippen molar-refractivity contribution in [2.45, 2.75) is 60.2 Å². The minimum Gasteiger partial charge on any atom is -0.549 e. The summed E-state index contributed by atoms with van der Waals surface area (Å²) < 4.78 is 233. The summed E-state index contributed by atoms with van der Waals surface area (Å²) >= 11 is 0. The topological polar surface area (TPSA) is 163 Å². The van der Waals surface area contributed by atoms with Gasteiger partial charge < -0.3 is 39.5 Å². The van der Waals surface area contributed by atoms with Crippen LogP contribution in [0.3, 0.4) is 0 Å². The predicted molar refractivity (Wildman–Crippen MR) is 143 cm³/mol. The molecule has 1 heterocycles. The third kappa shape index (κ3) is 13.4. The molecule has 57 heavy (non-hydrogen) atoms. The summed E-state index contributed by atoms with van der Waals surface area (Å²) in [4.78, 5) is 38.7. The molecule has 1 aliphatic heterocycles. The van der Waals surface area contributed by atoms with E-state index in [1.54, 1.807) is 0 Å². The van der Waals surface area contributed by atoms with Gasteiger partial charge in [-0.05, 0) is 0 Å². The van der Waals surface area contributed by atoms with E-state index in [-0.39, 0.29) is 92.3 Å². The summed E-state index contributed by atoms with van der Waals surface area (Å²) in [5, 5.41) is 43.9. The van der Waals surface area contributed by atoms with E-state index >= 15 is 0 Å². The van der Waals surface area contributed by atoms with Gasteiger partial charge in [-0.2, -0.15) is 74.6 Å². The zero-order chi connectivity index (χ0) is 43.9. The number of aliphatic carboxylic acids is 3. The molecule has 0 saturated carbocycles. The van der Waals surface area contributed by atoms with Crippen LogP contribution in [0, 0.1) is 39.9 Å². The molecule has 30 heteroatoms. The SMILES string of the molecule is O=C([O-])CN1CCN(CC(=O)[O-])CCN(CC(O)COCCC(F)(F)C(F)(F)C(F)(F)C(F)(F)C(F)(F)C(F)(F)C(F)(F)C(F)(F)F)CCN(CC(=O)[O-])CC1.[Gd+3]. The van der Waals surface area contributed by atoms with Gasteiger partial charge in [0.2, 0.25) is 0 Å². The van der Waals surface area contributed by atoms with Gasteiger partial charge in [0, 0.05) is 85.0 Å². The molecule has 0 amide bonds. The molecular weight excluding hydrogens is 989 g/mol. The van der Waals surface area contributed by atoms with Gasteiger partial charge in [-0.1, -0.05) is 0 Å². The first-order valence-electron chi connectivity index (χ1n) is 15.5. The summed E-state index contributed by atoms with van der Waals surface area (Å²) in [6.07, 6.45) is -12.6. The Hall–Kier alpha value is -1.70. The van der Waals surface area contributed by atoms with Gasteiger partial charge in [0.15, 0.2) is 0 Å². The Kier molecular flexibility index (Phi) is 20.1. The van der Waals surface area contributed by atoms with Gasteiger partial charge in [0.25, 0.3) is 0 Å². The van der Waals surface area contributed by atoms with Crippen molar-refractivity contribution >= 4 is 17.9 Å². The van der Waals surface area contributed by atoms with Crippen molar-refractivity contribution in [2.75, 3.05) is 91.8 Å². The number of β-amino-alcohol motifs (C(OH)–C–C–N with tert-alkyl or cyclic N) is 1. The van der Waals surface area contributed by atoms with E-state index in [9.17, 15) is 109 Å². The van der Waals surface area contributed by atoms with E-state index in [4.69, 9.17) is 0 Å². The Morgan fingerprint density at radius 1 is 0.509 bits per heavy atom. The van der Waals surface area contributed by atoms with Gasteiger partial charge in [-0.3, -0.25) is 19.6 Å². The van der Waals surface area contributed by atoms with E-state index in [0.717, 1.165) is 0 Å². The number of nitrogens with zero attached hydrogens (tertiary/aromatic N) is 4. The van der Waals surface area contributed by atoms with Crippen LogP contribution in [0.1, 0.15) is 6.42 Å². The van der Waals surface area contributed by atoms with Crippen LogP contribution in [0.4, 0.5) is 74.6 Å². The predicted octanol–water partition coefficient (Wildman–Crippen LogP) is -0.765. The summed E-state index contributed by atoms with van der Waals surface area (Å²) in [5.74, 6) is -62.1. The molecule has 1 fully saturated rings. The number of hydrogen-bond donors (Lipinski definition) is 1. The van der Waals surface area contributed by atoms with Crippen molar-refractivity contribution in [1.29, 1.82) is 0 Å². The molecule has 0 aliphatic carbocycles. The van der Waals surface area contributed by atoms with Gasteiger partial charge >= 0.3 is 87.6 Å². The van der Waals surface area contributed by atoms with E-state index in [1.807, 2.05) is 0 Å². The molecule has 0 spiro atoms. The first-order valence-corrected chi connectivity index (χ1v) is 15.5. The summed E-state index contributed by atoms with van der Waals surface area (Å²) in [6.45, 7) is -6.97. The smallest absolute Gasteiger partial charge is 0.549 e. The Balaban J connectivity index is 0.0000314. The fourth-order valence-corrected chi connectivity index (χ4v) is 4.91. The summed E-state index contributed by atoms with van der Waals surface area (Å²) in [6, 6.07) is 0. The van der Waals surface area contributed by atoms with Crippen LogP contribution in [0.25, 0.3) is 0 Å². The molecule has 0 aromatic heterocycles. The number of hydrogen-bond acceptors (Lipinski definition) is 12. The minimum atomic E-state index is -8.76. The van der Waals surface area contributed by atoms with Crippen molar-refractivity contribution in [2.24, 2.45) is 0 Å². The van der Waals surface area contributed by atoms with Crippen molar-refractivity contribution < 1.29 is 154 Å². The molecule has 1 unspecified atom stereocenters. The second-order valence-corrected chi connectivity index (χ2v) is 12.4. The molecule has 1 radical (unpaired) electrons. The maximum atomic E-state index is 14.2. The van der Waals surface area contributed by atoms with E-state index < -0.39 is 117 Å². The first kappa shape index (κ1) is 55.3. The monoisotopic (exact) mass is 1020 g/mol. The van der Waals surface area contributed by atoms with Crippen LogP contribution < -0.4 is 15.3 Å². The summed E-state index contributed by atoms with van der Waals surface area (Å²) in [5.41, 5.74) is 0. The first-order chi connectivity index (χ1) is 25.1. The van der Waals surface area contributed by atoms with Gasteiger partial charge in [-0.25, -0.2) is 0 Å². The number of carboxylic acids is 3. The third-order valence-electron chi connectivity index (χ3n) is 8.11. The molecule has 0 aromatic carbocycles. The Morgan fingerprint density at radius 3 is 1.09 bits per heavy atom.